The van der Waals surface area contributed by atoms with Gasteiger partial charge < -0.3 is 4.98 Å². The Hall–Kier alpha value is -5.39. The first-order valence-corrected chi connectivity index (χ1v) is 22.1. The third kappa shape index (κ3) is 10.1. The lowest BCUT2D eigenvalue weighted by molar-refractivity contribution is -0.116. The molecule has 0 aliphatic carbocycles. The van der Waals surface area contributed by atoms with Crippen LogP contribution in [-0.4, -0.2) is 92.8 Å². The first-order valence-electron chi connectivity index (χ1n) is 22.1. The molecule has 8 rings (SSSR count). The molecule has 10 nitrogen and oxygen atoms in total. The minimum Gasteiger partial charge on any atom is -0.341 e. The monoisotopic (exact) mass is 804 g/mol. The Morgan fingerprint density at radius 2 is 1.05 bits per heavy atom. The average Bonchev–Trinajstić information content (AvgIpc) is 3.62. The molecular weight excluding hydrogens is 745 g/mol. The molecule has 3 N–H and O–H groups in total. The average molecular weight is 805 g/mol. The maximum absolute atomic E-state index is 14.0. The van der Waals surface area contributed by atoms with Crippen molar-refractivity contribution in [3.63, 3.8) is 0 Å². The lowest BCUT2D eigenvalue weighted by atomic mass is 9.96. The molecule has 312 valence electrons. The Morgan fingerprint density at radius 3 is 1.52 bits per heavy atom. The zero-order valence-electron chi connectivity index (χ0n) is 35.1. The van der Waals surface area contributed by atoms with Crippen LogP contribution in [0.25, 0.3) is 11.0 Å². The van der Waals surface area contributed by atoms with Crippen LogP contribution in [-0.2, 0) is 17.9 Å². The number of fused-ring (bicyclic) bond motifs is 1. The van der Waals surface area contributed by atoms with Crippen LogP contribution in [0.4, 0.5) is 5.95 Å². The fourth-order valence-corrected chi connectivity index (χ4v) is 9.24. The molecule has 0 atom stereocenters. The molecule has 4 heterocycles. The SMILES string of the molecule is CCCCCCCC(=O)Nc1nc2[nH]c(CN3CCN(C(c4ccccc4)c4ccccc4)CC3)c(CN3CCN(C(c4ccccc4)c4ccccc4)CC3)c2c(=O)[nH]1. The van der Waals surface area contributed by atoms with Crippen molar-refractivity contribution in [3.8, 4) is 0 Å². The lowest BCUT2D eigenvalue weighted by Gasteiger charge is -2.40. The van der Waals surface area contributed by atoms with E-state index in [1.165, 1.54) is 28.7 Å². The van der Waals surface area contributed by atoms with Crippen molar-refractivity contribution in [2.24, 2.45) is 0 Å². The number of carbonyl (C=O) groups excluding carboxylic acids is 1. The van der Waals surface area contributed by atoms with Gasteiger partial charge in [0.05, 0.1) is 17.5 Å². The van der Waals surface area contributed by atoms with Gasteiger partial charge in [-0.2, -0.15) is 4.98 Å². The first-order chi connectivity index (χ1) is 29.5. The van der Waals surface area contributed by atoms with Crippen LogP contribution in [0.2, 0.25) is 0 Å². The molecule has 2 aliphatic rings. The molecule has 0 unspecified atom stereocenters. The number of aromatic nitrogens is 3. The highest BCUT2D eigenvalue weighted by Gasteiger charge is 2.30. The number of rotatable bonds is 17. The summed E-state index contributed by atoms with van der Waals surface area (Å²) in [6.45, 7) is 10.7. The number of amides is 1. The van der Waals surface area contributed by atoms with Crippen LogP contribution < -0.4 is 10.9 Å². The Bertz CT molecular complexity index is 2220. The molecule has 4 aromatic carbocycles. The Kier molecular flexibility index (Phi) is 14.0. The number of nitrogens with one attached hydrogen (secondary N) is 3. The molecular formula is C50H60N8O2. The molecule has 2 aliphatic heterocycles. The van der Waals surface area contributed by atoms with Crippen molar-refractivity contribution in [1.29, 1.82) is 0 Å². The number of H-pyrrole nitrogens is 2. The molecule has 2 saturated heterocycles. The molecule has 0 spiro atoms. The summed E-state index contributed by atoms with van der Waals surface area (Å²) in [4.78, 5) is 48.4. The van der Waals surface area contributed by atoms with E-state index in [9.17, 15) is 9.59 Å². The van der Waals surface area contributed by atoms with Gasteiger partial charge in [-0.15, -0.1) is 0 Å². The molecule has 60 heavy (non-hydrogen) atoms. The van der Waals surface area contributed by atoms with Crippen molar-refractivity contribution in [2.45, 2.75) is 70.6 Å². The summed E-state index contributed by atoms with van der Waals surface area (Å²) in [5, 5.41) is 3.47. The van der Waals surface area contributed by atoms with Gasteiger partial charge in [-0.05, 0) is 28.7 Å². The third-order valence-electron chi connectivity index (χ3n) is 12.4. The van der Waals surface area contributed by atoms with E-state index >= 15 is 0 Å². The number of hydrogen-bond acceptors (Lipinski definition) is 7. The van der Waals surface area contributed by atoms with E-state index < -0.39 is 0 Å². The molecule has 0 bridgehead atoms. The highest BCUT2D eigenvalue weighted by Crippen LogP contribution is 2.32. The molecule has 1 amide bonds. The zero-order valence-corrected chi connectivity index (χ0v) is 35.1. The number of aromatic amines is 2. The summed E-state index contributed by atoms with van der Waals surface area (Å²) in [6.07, 6.45) is 5.73. The molecule has 0 radical (unpaired) electrons. The summed E-state index contributed by atoms with van der Waals surface area (Å²) in [6, 6.07) is 43.6. The lowest BCUT2D eigenvalue weighted by Crippen LogP contribution is -2.48. The van der Waals surface area contributed by atoms with Crippen LogP contribution in [0, 0.1) is 0 Å². The van der Waals surface area contributed by atoms with Crippen LogP contribution in [0.1, 0.15) is 91.0 Å². The second-order valence-electron chi connectivity index (χ2n) is 16.5. The van der Waals surface area contributed by atoms with Crippen molar-refractivity contribution in [3.05, 3.63) is 165 Å². The van der Waals surface area contributed by atoms with Crippen molar-refractivity contribution < 1.29 is 4.79 Å². The molecule has 2 aromatic heterocycles. The zero-order chi connectivity index (χ0) is 41.1. The van der Waals surface area contributed by atoms with E-state index in [0.29, 0.717) is 30.5 Å². The maximum Gasteiger partial charge on any atom is 0.262 e. The fourth-order valence-electron chi connectivity index (χ4n) is 9.24. The smallest absolute Gasteiger partial charge is 0.262 e. The van der Waals surface area contributed by atoms with E-state index in [0.717, 1.165) is 89.3 Å². The standard InChI is InChI=1S/C50H60N8O2/c1-2-3-4-5-18-27-44(59)52-50-53-48-45(49(60)54-50)42(36-55-28-32-57(33-29-55)46(38-19-10-6-11-20-38)39-21-12-7-13-22-39)43(51-48)37-56-30-34-58(35-31-56)47(40-23-14-8-15-24-40)41-25-16-9-17-26-41/h6-17,19-26,46-47H,2-5,18,27-37H2,1H3,(H3,51,52,53,54,59,60). The van der Waals surface area contributed by atoms with E-state index in [4.69, 9.17) is 4.98 Å². The van der Waals surface area contributed by atoms with E-state index in [1.807, 2.05) is 0 Å². The van der Waals surface area contributed by atoms with Gasteiger partial charge in [0.15, 0.2) is 0 Å². The number of nitrogens with zero attached hydrogens (tertiary/aromatic N) is 5. The van der Waals surface area contributed by atoms with Gasteiger partial charge in [-0.3, -0.25) is 39.5 Å². The number of unbranched alkanes of at least 4 members (excludes halogenated alkanes) is 4. The summed E-state index contributed by atoms with van der Waals surface area (Å²) in [5.74, 6) is 0.0822. The van der Waals surface area contributed by atoms with Gasteiger partial charge in [-0.25, -0.2) is 0 Å². The highest BCUT2D eigenvalue weighted by atomic mass is 16.2. The number of anilines is 1. The Balaban J connectivity index is 1.01. The van der Waals surface area contributed by atoms with Crippen molar-refractivity contribution in [2.75, 3.05) is 57.7 Å². The fraction of sp³-hybridized carbons (Fsp3) is 0.380. The summed E-state index contributed by atoms with van der Waals surface area (Å²) >= 11 is 0. The predicted molar refractivity (Wildman–Crippen MR) is 242 cm³/mol. The van der Waals surface area contributed by atoms with Gasteiger partial charge in [0, 0.05) is 83.1 Å². The quantitative estimate of drug-likeness (QED) is 0.0797. The molecule has 0 saturated carbocycles. The van der Waals surface area contributed by atoms with Gasteiger partial charge in [0.2, 0.25) is 11.9 Å². The van der Waals surface area contributed by atoms with E-state index in [-0.39, 0.29) is 29.5 Å². The van der Waals surface area contributed by atoms with Gasteiger partial charge >= 0.3 is 0 Å². The van der Waals surface area contributed by atoms with E-state index in [1.54, 1.807) is 0 Å². The first kappa shape index (κ1) is 41.3. The maximum atomic E-state index is 14.0. The van der Waals surface area contributed by atoms with Crippen LogP contribution in [0.3, 0.4) is 0 Å². The highest BCUT2D eigenvalue weighted by molar-refractivity contribution is 5.90. The van der Waals surface area contributed by atoms with Gasteiger partial charge in [0.1, 0.15) is 5.65 Å². The Labute approximate surface area is 354 Å². The van der Waals surface area contributed by atoms with Gasteiger partial charge in [-0.1, -0.05) is 154 Å². The number of piperazine rings is 2. The second-order valence-corrected chi connectivity index (χ2v) is 16.5. The van der Waals surface area contributed by atoms with Crippen molar-refractivity contribution in [1.82, 2.24) is 34.6 Å². The number of benzene rings is 4. The second kappa shape index (κ2) is 20.2. The topological polar surface area (TPSA) is 104 Å². The molecule has 2 fully saturated rings. The molecule has 10 heteroatoms. The summed E-state index contributed by atoms with van der Waals surface area (Å²) in [7, 11) is 0. The van der Waals surface area contributed by atoms with E-state index in [2.05, 4.69) is 163 Å². The number of hydrogen-bond donors (Lipinski definition) is 3. The Morgan fingerprint density at radius 1 is 0.600 bits per heavy atom. The van der Waals surface area contributed by atoms with Crippen LogP contribution in [0.15, 0.2) is 126 Å². The normalized spacial score (nSPS) is 15.9. The van der Waals surface area contributed by atoms with Gasteiger partial charge in [0.25, 0.3) is 5.56 Å². The number of carbonyl (C=O) groups is 1. The minimum absolute atomic E-state index is 0.120. The predicted octanol–water partition coefficient (Wildman–Crippen LogP) is 8.36. The minimum atomic E-state index is -0.221. The largest absolute Gasteiger partial charge is 0.341 e. The van der Waals surface area contributed by atoms with Crippen LogP contribution in [0.5, 0.6) is 0 Å². The molecule has 6 aromatic rings. The van der Waals surface area contributed by atoms with Crippen LogP contribution >= 0.6 is 0 Å². The summed E-state index contributed by atoms with van der Waals surface area (Å²) in [5.41, 5.74) is 7.53. The summed E-state index contributed by atoms with van der Waals surface area (Å²) < 4.78 is 0. The third-order valence-corrected chi connectivity index (χ3v) is 12.4. The van der Waals surface area contributed by atoms with Crippen molar-refractivity contribution >= 4 is 22.9 Å².